The molecule has 1 radical (unpaired) electrons. The van der Waals surface area contributed by atoms with E-state index in [4.69, 9.17) is 59.7 Å². The number of ketones is 3. The number of nitrogens with zero attached hydrogens (tertiary/aromatic N) is 4. The number of rotatable bonds is 19. The van der Waals surface area contributed by atoms with E-state index < -0.39 is 7.12 Å². The Balaban J connectivity index is 0.000000221. The van der Waals surface area contributed by atoms with E-state index in [-0.39, 0.29) is 64.0 Å². The number of thiophene rings is 3. The fraction of sp³-hybridized carbons (Fsp3) is 0.319. The summed E-state index contributed by atoms with van der Waals surface area (Å²) in [6.07, 6.45) is 23.7. The Hall–Kier alpha value is -9.16. The molecule has 0 unspecified atom stereocenters. The molecule has 14 aromatic rings. The normalized spacial score (nSPS) is 13.1. The zero-order valence-corrected chi connectivity index (χ0v) is 98.9. The molecule has 149 heavy (non-hydrogen) atoms. The maximum Gasteiger partial charge on any atom is 2.00 e. The van der Waals surface area contributed by atoms with Gasteiger partial charge in [-0.3, -0.25) is 27.0 Å². The third-order valence-electron chi connectivity index (χ3n) is 24.4. The molecular weight excluding hydrogens is 2420 g/mol. The van der Waals surface area contributed by atoms with E-state index >= 15 is 0 Å². The molecule has 4 saturated heterocycles. The quantitative estimate of drug-likeness (QED) is 0.0335. The fourth-order valence-electron chi connectivity index (χ4n) is 17.4. The second-order valence-corrected chi connectivity index (χ2v) is 51.4. The van der Waals surface area contributed by atoms with E-state index in [1.54, 1.807) is 125 Å². The summed E-state index contributed by atoms with van der Waals surface area (Å²) >= 11 is 29.0. The predicted octanol–water partition coefficient (Wildman–Crippen LogP) is 31.2. The van der Waals surface area contributed by atoms with Crippen LogP contribution in [0.4, 0.5) is 35.9 Å². The summed E-state index contributed by atoms with van der Waals surface area (Å²) in [5.41, 5.74) is 10.5. The molecule has 7 heterocycles. The molecule has 3 aromatic heterocycles. The number of anilines is 4. The van der Waals surface area contributed by atoms with Crippen LogP contribution in [-0.2, 0) is 26.7 Å². The number of aromatic hydroxyl groups is 2. The van der Waals surface area contributed by atoms with Gasteiger partial charge in [0.05, 0.1) is 38.3 Å². The first-order valence-corrected chi connectivity index (χ1v) is 56.9. The molecule has 4 aliphatic rings. The Labute approximate surface area is 951 Å². The van der Waals surface area contributed by atoms with Gasteiger partial charge in [-0.2, -0.15) is 13.8 Å². The number of halogens is 10. The molecular formula is C113H123B3Br6ClCuF3N4O15S3. The van der Waals surface area contributed by atoms with Crippen molar-refractivity contribution in [2.45, 2.75) is 158 Å². The summed E-state index contributed by atoms with van der Waals surface area (Å²) < 4.78 is 77.7. The monoisotopic (exact) mass is 2530 g/mol. The van der Waals surface area contributed by atoms with Crippen molar-refractivity contribution in [3.05, 3.63) is 299 Å². The number of phenols is 2. The van der Waals surface area contributed by atoms with E-state index in [1.807, 2.05) is 84.9 Å². The minimum atomic E-state index is -1.40. The van der Waals surface area contributed by atoms with Gasteiger partial charge in [0.25, 0.3) is 0 Å². The van der Waals surface area contributed by atoms with Crippen molar-refractivity contribution in [3.8, 4) is 57.5 Å². The Bertz CT molecular complexity index is 6510. The number of ether oxygens (including phenoxy) is 6. The first-order valence-electron chi connectivity index (χ1n) is 48.5. The number of hydrogen-bond acceptors (Lipinski definition) is 22. The second-order valence-electron chi connectivity index (χ2n) is 35.0. The number of aryl methyl sites for hydroxylation is 6. The third kappa shape index (κ3) is 38.5. The van der Waals surface area contributed by atoms with Crippen molar-refractivity contribution in [3.63, 3.8) is 0 Å². The van der Waals surface area contributed by atoms with E-state index in [0.717, 1.165) is 75.3 Å². The minimum Gasteiger partial charge on any atom is -0.542 e. The minimum absolute atomic E-state index is 0. The predicted molar refractivity (Wildman–Crippen MR) is 631 cm³/mol. The molecule has 793 valence electrons. The molecule has 19 nitrogen and oxygen atoms in total. The van der Waals surface area contributed by atoms with Crippen LogP contribution in [0.3, 0.4) is 0 Å². The largest absolute Gasteiger partial charge is 2.00 e. The van der Waals surface area contributed by atoms with Gasteiger partial charge in [-0.25, -0.2) is 13.2 Å². The Morgan fingerprint density at radius 2 is 0.564 bits per heavy atom. The van der Waals surface area contributed by atoms with Crippen LogP contribution < -0.4 is 53.5 Å². The molecule has 0 bridgehead atoms. The number of methoxy groups -OCH3 is 4. The molecule has 4 aliphatic heterocycles. The molecule has 4 N–H and O–H groups in total. The Morgan fingerprint density at radius 1 is 0.336 bits per heavy atom. The fourth-order valence-corrected chi connectivity index (χ4v) is 21.1. The van der Waals surface area contributed by atoms with Gasteiger partial charge in [-0.05, 0) is 332 Å². The molecule has 36 heteroatoms. The van der Waals surface area contributed by atoms with Gasteiger partial charge in [0.2, 0.25) is 17.3 Å². The number of phenolic OH excluding ortho intramolecular Hbond substituents is 2. The van der Waals surface area contributed by atoms with Crippen LogP contribution in [0.5, 0.6) is 57.5 Å². The third-order valence-corrected chi connectivity index (χ3v) is 28.4. The van der Waals surface area contributed by atoms with Crippen LogP contribution in [0, 0.1) is 59.0 Å². The number of hydrogen-bond donors (Lipinski definition) is 4. The van der Waals surface area contributed by atoms with E-state index in [9.17, 15) is 37.8 Å². The van der Waals surface area contributed by atoms with Gasteiger partial charge < -0.3 is 77.9 Å². The number of fused-ring (bicyclic) bond motifs is 3. The van der Waals surface area contributed by atoms with Crippen LogP contribution in [0.2, 0.25) is 5.02 Å². The van der Waals surface area contributed by atoms with E-state index in [2.05, 4.69) is 151 Å². The maximum atomic E-state index is 13.9. The van der Waals surface area contributed by atoms with Crippen molar-refractivity contribution in [2.75, 3.05) is 100 Å². The first-order chi connectivity index (χ1) is 71.0. The molecule has 0 aliphatic carbocycles. The maximum absolute atomic E-state index is 13.9. The average Bonchev–Trinajstić information content (AvgIpc) is 1.62. The topological polar surface area (TPSA) is 235 Å². The zero-order valence-electron chi connectivity index (χ0n) is 85.3. The first kappa shape index (κ1) is 125. The van der Waals surface area contributed by atoms with Gasteiger partial charge in [0, 0.05) is 122 Å². The van der Waals surface area contributed by atoms with Crippen LogP contribution in [0.1, 0.15) is 196 Å². The molecule has 0 amide bonds. The van der Waals surface area contributed by atoms with Crippen LogP contribution in [-0.4, -0.2) is 144 Å². The van der Waals surface area contributed by atoms with Crippen LogP contribution in [0.25, 0.3) is 30.3 Å². The second kappa shape index (κ2) is 64.8. The SMILES string of the molecule is BrB(Br)Br.BrB(Br)Br.COc1ccc(B(O)O)cc1.COc1ccc(N2CCCCCC2)cc1.COc1ccc2c(Cl)c(C(=O)c3c(C)cc(F)cc3C)sc2c1.COc1ccc2c(Oc3ccc(N4CCCCCC4)cc3)c(C(=O)c3c(C)cc(F)cc3C)sc2c1.C[C-]=O.C[C-]=O.Cc1cc(F)cc(C)c1C(=O)c1sc2cc(O)ccc2c1Oc1ccc(N2CCCCCC2)cc1.Oc1ccc(N2CCCCCC2)cc1.[Cu+2]. The number of carbonyl (C=O) groups is 3. The summed E-state index contributed by atoms with van der Waals surface area (Å²) in [5, 5.41) is 39.4. The molecule has 18 rings (SSSR count). The molecule has 11 aromatic carbocycles. The van der Waals surface area contributed by atoms with Crippen molar-refractivity contribution in [1.29, 1.82) is 0 Å². The zero-order chi connectivity index (χ0) is 108. The Morgan fingerprint density at radius 3 is 0.852 bits per heavy atom. The summed E-state index contributed by atoms with van der Waals surface area (Å²) in [6, 6.07) is 63.1. The molecule has 4 fully saturated rings. The van der Waals surface area contributed by atoms with Gasteiger partial charge in [0.1, 0.15) is 73.2 Å². The van der Waals surface area contributed by atoms with Gasteiger partial charge in [-0.1, -0.05) is 75.1 Å². The van der Waals surface area contributed by atoms with E-state index in [1.165, 1.54) is 235 Å². The molecule has 0 saturated carbocycles. The smallest absolute Gasteiger partial charge is 0.542 e. The number of benzene rings is 11. The van der Waals surface area contributed by atoms with Crippen molar-refractivity contribution < 1.29 is 103 Å². The van der Waals surface area contributed by atoms with Gasteiger partial charge in [-0.15, -0.1) is 129 Å². The Kier molecular flexibility index (Phi) is 54.3. The number of carbonyl (C=O) groups excluding carboxylic acids is 5. The van der Waals surface area contributed by atoms with Crippen LogP contribution >= 0.6 is 140 Å². The van der Waals surface area contributed by atoms with Gasteiger partial charge >= 0.3 is 30.6 Å². The van der Waals surface area contributed by atoms with Crippen LogP contribution in [0.15, 0.2) is 212 Å². The standard InChI is InChI=1S/C30H30FNO3S.C29H28FNO3S.C18H14ClFO2S.C13H19NO.C12H17NO.C7H9BO3.2C2H3O.2BBr3.Cu/c1-19-16-21(31)17-20(2)27(19)28(33)30-29(25-13-12-24(34-3)18-26(25)36-30)35-23-10-8-22(9-11-23)32-14-6-4-5-7-15-32;1-18-15-20(30)16-19(2)26(18)27(33)29-28(24-12-9-22(32)17-25(24)35-29)34-23-10-7-21(8-11-23)31-13-5-3-4-6-14-31;1-9-6-11(20)7-10(2)15(9)17(21)18-16(19)13-5-4-12(22-3)8-14(13)23-18;1-15-13-8-6-12(7-9-13)14-10-4-2-3-5-11-14;14-12-7-5-11(6-8-12)13-9-3-1-2-4-10-13;1-11-7-4-2-6(3-5-7)8(9)10;2*1-2-3;2*2-1(3)4;/h8-13,16-18H,4-7,14-15H2,1-3H3;7-12,15-17,32H,3-6,13-14H2,1-2H3;4-8H,1-3H3;6-9H,2-5,10-11H2,1H3;5-8,14H,1-4,9-10H2;2-5,9-10H,1H3;2*1H3;;;/q;;;;;;2*-1;;;+2. The molecule has 0 atom stereocenters. The summed E-state index contributed by atoms with van der Waals surface area (Å²) in [6.45, 7) is 22.1. The average molecular weight is 2540 g/mol. The summed E-state index contributed by atoms with van der Waals surface area (Å²) in [4.78, 5) is 68.9. The van der Waals surface area contributed by atoms with E-state index in [0.29, 0.717) is 121 Å². The van der Waals surface area contributed by atoms with Crippen molar-refractivity contribution in [2.24, 2.45) is 0 Å². The summed E-state index contributed by atoms with van der Waals surface area (Å²) in [5.74, 6) is 4.23. The van der Waals surface area contributed by atoms with Crippen molar-refractivity contribution in [1.82, 2.24) is 0 Å². The summed E-state index contributed by atoms with van der Waals surface area (Å²) in [7, 11) is 5.08. The van der Waals surface area contributed by atoms with Crippen molar-refractivity contribution >= 4 is 242 Å². The molecule has 0 spiro atoms. The van der Waals surface area contributed by atoms with Gasteiger partial charge in [0.15, 0.2) is 11.5 Å².